The van der Waals surface area contributed by atoms with Crippen LogP contribution < -0.4 is 10.8 Å². The van der Waals surface area contributed by atoms with E-state index in [0.717, 1.165) is 5.56 Å². The third kappa shape index (κ3) is 4.55. The summed E-state index contributed by atoms with van der Waals surface area (Å²) in [6.45, 7) is 7.17. The molecule has 1 aliphatic rings. The van der Waals surface area contributed by atoms with Gasteiger partial charge in [-0.25, -0.2) is 9.18 Å². The highest BCUT2D eigenvalue weighted by atomic mass is 19.1. The van der Waals surface area contributed by atoms with Crippen molar-refractivity contribution in [3.63, 3.8) is 0 Å². The largest absolute Gasteiger partial charge is 0.492 e. The second-order valence-electron chi connectivity index (χ2n) is 7.80. The van der Waals surface area contributed by atoms with Crippen molar-refractivity contribution in [2.45, 2.75) is 46.4 Å². The van der Waals surface area contributed by atoms with Crippen molar-refractivity contribution in [3.05, 3.63) is 64.5 Å². The van der Waals surface area contributed by atoms with Crippen molar-refractivity contribution < 1.29 is 28.4 Å². The number of hydrogen-bond acceptors (Lipinski definition) is 5. The van der Waals surface area contributed by atoms with E-state index < -0.39 is 25.0 Å². The highest BCUT2D eigenvalue weighted by Gasteiger charge is 2.36. The summed E-state index contributed by atoms with van der Waals surface area (Å²) in [6, 6.07) is 8.23. The SMILES string of the molecule is Cc1c(C(=O)N[C@H](C(=O)OCc2ccc(F)cc2)C(C)C)ccc2c1B(O)OC2C. The van der Waals surface area contributed by atoms with Crippen LogP contribution in [0.4, 0.5) is 4.39 Å². The topological polar surface area (TPSA) is 84.9 Å². The second kappa shape index (κ2) is 8.98. The van der Waals surface area contributed by atoms with E-state index in [4.69, 9.17) is 9.39 Å². The standard InChI is InChI=1S/C22H25BFNO5/c1-12(2)20(22(27)29-11-15-5-7-16(24)8-6-15)25-21(26)17-9-10-18-14(4)30-23(28)19(18)13(17)3/h5-10,12,14,20,28H,11H2,1-4H3,(H,25,26)/t14?,20-/m0/s1. The van der Waals surface area contributed by atoms with Gasteiger partial charge in [0.05, 0.1) is 6.10 Å². The number of hydrogen-bond donors (Lipinski definition) is 2. The third-order valence-electron chi connectivity index (χ3n) is 5.31. The van der Waals surface area contributed by atoms with E-state index in [1.54, 1.807) is 32.9 Å². The number of halogens is 1. The zero-order valence-electron chi connectivity index (χ0n) is 17.4. The minimum atomic E-state index is -1.08. The van der Waals surface area contributed by atoms with Gasteiger partial charge >= 0.3 is 13.1 Å². The molecule has 0 saturated carbocycles. The highest BCUT2D eigenvalue weighted by molar-refractivity contribution is 6.62. The lowest BCUT2D eigenvalue weighted by Gasteiger charge is -2.22. The molecule has 1 amide bonds. The summed E-state index contributed by atoms with van der Waals surface area (Å²) in [4.78, 5) is 25.5. The van der Waals surface area contributed by atoms with Crippen LogP contribution in [0, 0.1) is 18.7 Å². The molecule has 2 aromatic rings. The number of benzene rings is 2. The van der Waals surface area contributed by atoms with Crippen LogP contribution in [0.15, 0.2) is 36.4 Å². The Balaban J connectivity index is 1.72. The first-order valence-corrected chi connectivity index (χ1v) is 9.88. The van der Waals surface area contributed by atoms with Crippen molar-refractivity contribution >= 4 is 24.5 Å². The van der Waals surface area contributed by atoms with Crippen LogP contribution >= 0.6 is 0 Å². The van der Waals surface area contributed by atoms with Gasteiger partial charge in [-0.3, -0.25) is 4.79 Å². The molecule has 2 aromatic carbocycles. The van der Waals surface area contributed by atoms with E-state index in [-0.39, 0.29) is 24.4 Å². The highest BCUT2D eigenvalue weighted by Crippen LogP contribution is 2.25. The Bertz CT molecular complexity index is 947. The van der Waals surface area contributed by atoms with Gasteiger partial charge in [-0.15, -0.1) is 0 Å². The molecule has 1 unspecified atom stereocenters. The van der Waals surface area contributed by atoms with Crippen LogP contribution in [0.25, 0.3) is 0 Å². The van der Waals surface area contributed by atoms with Crippen molar-refractivity contribution in [1.82, 2.24) is 5.32 Å². The smallest absolute Gasteiger partial charge is 0.459 e. The van der Waals surface area contributed by atoms with Crippen LogP contribution in [0.5, 0.6) is 0 Å². The first kappa shape index (κ1) is 22.0. The molecule has 6 nitrogen and oxygen atoms in total. The molecule has 1 aliphatic heterocycles. The van der Waals surface area contributed by atoms with Gasteiger partial charge in [-0.2, -0.15) is 0 Å². The number of ether oxygens (including phenoxy) is 1. The van der Waals surface area contributed by atoms with Gasteiger partial charge in [-0.05, 0) is 60.1 Å². The molecule has 0 aliphatic carbocycles. The van der Waals surface area contributed by atoms with Crippen molar-refractivity contribution in [3.8, 4) is 0 Å². The molecule has 158 valence electrons. The molecule has 3 rings (SSSR count). The normalized spacial score (nSPS) is 16.4. The predicted molar refractivity (Wildman–Crippen MR) is 111 cm³/mol. The van der Waals surface area contributed by atoms with Gasteiger partial charge in [-0.1, -0.05) is 32.0 Å². The van der Waals surface area contributed by atoms with Gasteiger partial charge in [0.25, 0.3) is 5.91 Å². The first-order valence-electron chi connectivity index (χ1n) is 9.88. The van der Waals surface area contributed by atoms with E-state index >= 15 is 0 Å². The van der Waals surface area contributed by atoms with Crippen molar-refractivity contribution in [2.75, 3.05) is 0 Å². The molecule has 0 aromatic heterocycles. The van der Waals surface area contributed by atoms with Gasteiger partial charge in [0.15, 0.2) is 0 Å². The Labute approximate surface area is 175 Å². The number of amides is 1. The van der Waals surface area contributed by atoms with Crippen LogP contribution in [-0.4, -0.2) is 30.1 Å². The van der Waals surface area contributed by atoms with E-state index in [0.29, 0.717) is 22.2 Å². The summed E-state index contributed by atoms with van der Waals surface area (Å²) in [6.07, 6.45) is -0.254. The van der Waals surface area contributed by atoms with Gasteiger partial charge in [0.2, 0.25) is 0 Å². The molecular weight excluding hydrogens is 388 g/mol. The average molecular weight is 413 g/mol. The summed E-state index contributed by atoms with van der Waals surface area (Å²) in [5.74, 6) is -1.58. The average Bonchev–Trinajstić information content (AvgIpc) is 2.99. The third-order valence-corrected chi connectivity index (χ3v) is 5.31. The number of rotatable bonds is 6. The maximum Gasteiger partial charge on any atom is 0.492 e. The molecule has 2 atom stereocenters. The molecule has 0 fully saturated rings. The van der Waals surface area contributed by atoms with E-state index in [1.165, 1.54) is 24.3 Å². The molecule has 0 spiro atoms. The maximum atomic E-state index is 13.0. The number of carbonyl (C=O) groups excluding carboxylic acids is 2. The lowest BCUT2D eigenvalue weighted by atomic mass is 9.75. The number of nitrogens with one attached hydrogen (secondary N) is 1. The Morgan fingerprint density at radius 2 is 1.90 bits per heavy atom. The zero-order valence-corrected chi connectivity index (χ0v) is 17.4. The minimum absolute atomic E-state index is 0.0164. The summed E-state index contributed by atoms with van der Waals surface area (Å²) in [7, 11) is -1.08. The van der Waals surface area contributed by atoms with Crippen LogP contribution in [-0.2, 0) is 20.8 Å². The summed E-state index contributed by atoms with van der Waals surface area (Å²) in [5.41, 5.74) is 3.06. The Morgan fingerprint density at radius 1 is 1.23 bits per heavy atom. The molecule has 2 N–H and O–H groups in total. The Kier molecular flexibility index (Phi) is 6.58. The second-order valence-corrected chi connectivity index (χ2v) is 7.80. The molecule has 0 radical (unpaired) electrons. The molecular formula is C22H25BFNO5. The van der Waals surface area contributed by atoms with Crippen LogP contribution in [0.2, 0.25) is 0 Å². The Hall–Kier alpha value is -2.71. The fourth-order valence-corrected chi connectivity index (χ4v) is 3.55. The Morgan fingerprint density at radius 3 is 2.53 bits per heavy atom. The monoisotopic (exact) mass is 413 g/mol. The van der Waals surface area contributed by atoms with E-state index in [1.807, 2.05) is 6.92 Å². The summed E-state index contributed by atoms with van der Waals surface area (Å²) < 4.78 is 23.7. The molecule has 8 heteroatoms. The van der Waals surface area contributed by atoms with Crippen molar-refractivity contribution in [2.24, 2.45) is 5.92 Å². The predicted octanol–water partition coefficient (Wildman–Crippen LogP) is 2.41. The van der Waals surface area contributed by atoms with Crippen LogP contribution in [0.3, 0.4) is 0 Å². The maximum absolute atomic E-state index is 13.0. The quantitative estimate of drug-likeness (QED) is 0.561. The van der Waals surface area contributed by atoms with Gasteiger partial charge in [0, 0.05) is 5.56 Å². The molecule has 30 heavy (non-hydrogen) atoms. The van der Waals surface area contributed by atoms with Crippen LogP contribution in [0.1, 0.15) is 53.9 Å². The number of fused-ring (bicyclic) bond motifs is 1. The van der Waals surface area contributed by atoms with Gasteiger partial charge < -0.3 is 19.7 Å². The van der Waals surface area contributed by atoms with Gasteiger partial charge in [0.1, 0.15) is 18.5 Å². The lowest BCUT2D eigenvalue weighted by Crippen LogP contribution is -2.46. The van der Waals surface area contributed by atoms with E-state index in [2.05, 4.69) is 5.32 Å². The lowest BCUT2D eigenvalue weighted by molar-refractivity contribution is -0.148. The number of esters is 1. The van der Waals surface area contributed by atoms with E-state index in [9.17, 15) is 19.0 Å². The summed E-state index contributed by atoms with van der Waals surface area (Å²) >= 11 is 0. The molecule has 1 heterocycles. The molecule has 0 bridgehead atoms. The first-order chi connectivity index (χ1) is 14.2. The summed E-state index contributed by atoms with van der Waals surface area (Å²) in [5, 5.41) is 12.9. The van der Waals surface area contributed by atoms with Crippen molar-refractivity contribution in [1.29, 1.82) is 0 Å². The molecule has 0 saturated heterocycles. The fraction of sp³-hybridized carbons (Fsp3) is 0.364. The fourth-order valence-electron chi connectivity index (χ4n) is 3.55. The minimum Gasteiger partial charge on any atom is -0.459 e. The number of carbonyl (C=O) groups is 2. The zero-order chi connectivity index (χ0) is 22.0.